The van der Waals surface area contributed by atoms with Crippen LogP contribution < -0.4 is 0 Å². The van der Waals surface area contributed by atoms with Gasteiger partial charge in [-0.3, -0.25) is 0 Å². The van der Waals surface area contributed by atoms with Crippen LogP contribution in [0.3, 0.4) is 0 Å². The first-order chi connectivity index (χ1) is 5.29. The van der Waals surface area contributed by atoms with E-state index in [4.69, 9.17) is 13.0 Å². The van der Waals surface area contributed by atoms with Gasteiger partial charge in [-0.1, -0.05) is 0 Å². The van der Waals surface area contributed by atoms with Gasteiger partial charge in [0, 0.05) is 0 Å². The normalized spacial score (nSPS) is 15.6. The molecule has 0 rings (SSSR count). The summed E-state index contributed by atoms with van der Waals surface area (Å²) in [7, 11) is 7.83. The molecule has 0 fully saturated rings. The molecule has 2 atom stereocenters. The topological polar surface area (TPSA) is 9.23 Å². The Balaban J connectivity index is 3.76. The van der Waals surface area contributed by atoms with Crippen LogP contribution in [0.25, 0.3) is 0 Å². The Hall–Kier alpha value is 1.19. The molecule has 3 heteroatoms. The molecule has 64 valence electrons. The second-order valence-electron chi connectivity index (χ2n) is 2.89. The molecule has 0 radical (unpaired) electrons. The molecule has 0 heterocycles. The van der Waals surface area contributed by atoms with Crippen molar-refractivity contribution >= 4 is 8.25 Å². The van der Waals surface area contributed by atoms with E-state index in [1.54, 1.807) is 0 Å². The van der Waals surface area contributed by atoms with Gasteiger partial charge in [-0.25, -0.2) is 0 Å². The fraction of sp³-hybridized carbons (Fsp3) is 1.00. The zero-order valence-electron chi connectivity index (χ0n) is 7.77. The van der Waals surface area contributed by atoms with Crippen LogP contribution in [0.2, 0.25) is 3.43 Å². The summed E-state index contributed by atoms with van der Waals surface area (Å²) >= 11 is -1.08. The summed E-state index contributed by atoms with van der Waals surface area (Å²) in [6.07, 6.45) is 4.06. The number of ether oxygens (including phenoxy) is 1. The second kappa shape index (κ2) is 7.81. The van der Waals surface area contributed by atoms with Crippen molar-refractivity contribution in [3.05, 3.63) is 0 Å². The number of methoxy groups -OCH3 is 1. The molecule has 0 saturated heterocycles. The Morgan fingerprint density at radius 1 is 1.45 bits per heavy atom. The molecule has 0 aromatic carbocycles. The van der Waals surface area contributed by atoms with Crippen molar-refractivity contribution in [2.24, 2.45) is 0 Å². The van der Waals surface area contributed by atoms with Gasteiger partial charge in [0.2, 0.25) is 0 Å². The molecule has 0 saturated carbocycles. The summed E-state index contributed by atoms with van der Waals surface area (Å²) in [6.45, 7) is 4.42. The molecule has 0 aliphatic heterocycles. The van der Waals surface area contributed by atoms with Crippen molar-refractivity contribution in [3.63, 3.8) is 0 Å². The summed E-state index contributed by atoms with van der Waals surface area (Å²) in [6, 6.07) is 0. The van der Waals surface area contributed by atoms with Crippen molar-refractivity contribution < 1.29 is 28.1 Å². The van der Waals surface area contributed by atoms with Crippen LogP contribution in [-0.2, 0) is 28.1 Å². The molecule has 0 N–H and O–H groups in total. The molecule has 0 aliphatic rings. The number of hydrogen-bond acceptors (Lipinski definition) is 1. The van der Waals surface area contributed by atoms with Crippen molar-refractivity contribution in [1.82, 2.24) is 0 Å². The molecule has 0 spiro atoms. The van der Waals surface area contributed by atoms with Crippen LogP contribution in [0, 0.1) is 0 Å². The summed E-state index contributed by atoms with van der Waals surface area (Å²) in [5.74, 6) is 0. The number of rotatable bonds is 6. The van der Waals surface area contributed by atoms with E-state index in [2.05, 4.69) is 13.8 Å². The average Bonchev–Trinajstić information content (AvgIpc) is 2.05. The zero-order valence-corrected chi connectivity index (χ0v) is 14.0. The Labute approximate surface area is 85.7 Å². The third-order valence-corrected chi connectivity index (χ3v) is 11.4. The first-order valence-corrected chi connectivity index (χ1v) is 14.3. The minimum atomic E-state index is -1.08. The van der Waals surface area contributed by atoms with Gasteiger partial charge in [-0.05, 0) is 0 Å². The molecule has 1 nitrogen and oxygen atoms in total. The maximum atomic E-state index is 6.02. The second-order valence-corrected chi connectivity index (χ2v) is 10.9. The maximum absolute atomic E-state index is 6.02. The van der Waals surface area contributed by atoms with E-state index < -0.39 is 23.3 Å². The van der Waals surface area contributed by atoms with E-state index in [0.717, 1.165) is 3.43 Å². The molecule has 0 amide bonds. The van der Waals surface area contributed by atoms with Crippen LogP contribution in [0.15, 0.2) is 0 Å². The van der Waals surface area contributed by atoms with Gasteiger partial charge < -0.3 is 0 Å². The van der Waals surface area contributed by atoms with Gasteiger partial charge in [0.05, 0.1) is 0 Å². The van der Waals surface area contributed by atoms with Crippen molar-refractivity contribution in [2.75, 3.05) is 7.11 Å². The van der Waals surface area contributed by atoms with E-state index in [1.165, 1.54) is 19.3 Å². The van der Waals surface area contributed by atoms with Gasteiger partial charge in [0.1, 0.15) is 0 Å². The summed E-state index contributed by atoms with van der Waals surface area (Å²) in [5.41, 5.74) is 0. The van der Waals surface area contributed by atoms with Crippen LogP contribution >= 0.6 is 8.25 Å². The van der Waals surface area contributed by atoms with Crippen LogP contribution in [0.1, 0.15) is 33.1 Å². The Kier molecular flexibility index (Phi) is 8.66. The molecule has 0 aliphatic carbocycles. The molecule has 2 unspecified atom stereocenters. The van der Waals surface area contributed by atoms with Crippen molar-refractivity contribution in [1.29, 1.82) is 0 Å². The number of halogens is 1. The molecule has 11 heavy (non-hydrogen) atoms. The van der Waals surface area contributed by atoms with Gasteiger partial charge in [-0.2, -0.15) is 0 Å². The van der Waals surface area contributed by atoms with Crippen LogP contribution in [0.5, 0.6) is 0 Å². The van der Waals surface area contributed by atoms with Crippen molar-refractivity contribution in [2.45, 2.75) is 42.6 Å². The van der Waals surface area contributed by atoms with E-state index in [9.17, 15) is 0 Å². The fourth-order valence-corrected chi connectivity index (χ4v) is 8.25. The van der Waals surface area contributed by atoms with E-state index >= 15 is 0 Å². The Bertz CT molecular complexity index is 86.2. The molecule has 0 bridgehead atoms. The van der Waals surface area contributed by atoms with Gasteiger partial charge >= 0.3 is 86.1 Å². The first-order valence-electron chi connectivity index (χ1n) is 4.38. The SMILES string of the molecule is CCCC(OC)[CH](CC)[Hg][Cl]. The van der Waals surface area contributed by atoms with E-state index in [-0.39, 0.29) is 0 Å². The van der Waals surface area contributed by atoms with Gasteiger partial charge in [-0.15, -0.1) is 0 Å². The average molecular weight is 365 g/mol. The zero-order chi connectivity index (χ0) is 8.69. The van der Waals surface area contributed by atoms with Crippen molar-refractivity contribution in [3.8, 4) is 0 Å². The summed E-state index contributed by atoms with van der Waals surface area (Å²) in [5, 5.41) is 0. The van der Waals surface area contributed by atoms with E-state index in [0.29, 0.717) is 6.10 Å². The summed E-state index contributed by atoms with van der Waals surface area (Å²) in [4.78, 5) is 0. The Morgan fingerprint density at radius 3 is 2.36 bits per heavy atom. The third-order valence-electron chi connectivity index (χ3n) is 2.12. The number of hydrogen-bond donors (Lipinski definition) is 0. The van der Waals surface area contributed by atoms with Crippen LogP contribution in [0.4, 0.5) is 0 Å². The standard InChI is InChI=1S/C8H17O.ClH.Hg/c1-4-6-8(9-3)7-5-2;;/h6,8H,4-5,7H2,1-3H3;1H;/q;;+1/p-1. The third kappa shape index (κ3) is 4.69. The van der Waals surface area contributed by atoms with Crippen LogP contribution in [-0.4, -0.2) is 13.2 Å². The van der Waals surface area contributed by atoms with Gasteiger partial charge in [0.25, 0.3) is 0 Å². The fourth-order valence-electron chi connectivity index (χ4n) is 1.30. The quantitative estimate of drug-likeness (QED) is 0.657. The predicted molar refractivity (Wildman–Crippen MR) is 45.6 cm³/mol. The van der Waals surface area contributed by atoms with E-state index in [1.807, 2.05) is 7.11 Å². The molecule has 0 aromatic heterocycles. The minimum absolute atomic E-state index is 0.462. The molecular formula is C8H17ClHgO. The van der Waals surface area contributed by atoms with Gasteiger partial charge in [0.15, 0.2) is 0 Å². The monoisotopic (exact) mass is 366 g/mol. The summed E-state index contributed by atoms with van der Waals surface area (Å²) < 4.78 is 6.16. The predicted octanol–water partition coefficient (Wildman–Crippen LogP) is 3.24. The molecular weight excluding hydrogens is 348 g/mol. The Morgan fingerprint density at radius 2 is 2.09 bits per heavy atom. The first kappa shape index (κ1) is 12.2. The molecule has 0 aromatic rings.